The SMILES string of the molecule is O=S(=O)(c1ccccc1Cl)C(Br)Br. The maximum atomic E-state index is 11.6. The average molecular weight is 348 g/mol. The first-order valence-corrected chi connectivity index (χ1v) is 6.98. The summed E-state index contributed by atoms with van der Waals surface area (Å²) in [5.74, 6) is 0. The Morgan fingerprint density at radius 2 is 1.77 bits per heavy atom. The molecule has 0 aliphatic heterocycles. The molecule has 1 aromatic rings. The zero-order chi connectivity index (χ0) is 10.1. The molecular formula is C7H5Br2ClO2S. The molecule has 0 saturated carbocycles. The van der Waals surface area contributed by atoms with E-state index in [-0.39, 0.29) is 9.92 Å². The molecule has 1 rings (SSSR count). The fourth-order valence-electron chi connectivity index (χ4n) is 0.771. The molecular weight excluding hydrogens is 343 g/mol. The summed E-state index contributed by atoms with van der Waals surface area (Å²) in [5, 5.41) is 0.228. The molecule has 0 atom stereocenters. The zero-order valence-electron chi connectivity index (χ0n) is 6.25. The van der Waals surface area contributed by atoms with Gasteiger partial charge in [-0.2, -0.15) is 0 Å². The van der Waals surface area contributed by atoms with E-state index in [1.165, 1.54) is 12.1 Å². The minimum Gasteiger partial charge on any atom is -0.222 e. The van der Waals surface area contributed by atoms with E-state index in [1.807, 2.05) is 0 Å². The van der Waals surface area contributed by atoms with Crippen LogP contribution >= 0.6 is 43.5 Å². The van der Waals surface area contributed by atoms with Gasteiger partial charge < -0.3 is 0 Å². The lowest BCUT2D eigenvalue weighted by Gasteiger charge is -2.06. The highest BCUT2D eigenvalue weighted by atomic mass is 79.9. The Balaban J connectivity index is 3.32. The quantitative estimate of drug-likeness (QED) is 0.769. The maximum Gasteiger partial charge on any atom is 0.202 e. The molecule has 0 fully saturated rings. The van der Waals surface area contributed by atoms with Crippen LogP contribution in [0.3, 0.4) is 0 Å². The van der Waals surface area contributed by atoms with Gasteiger partial charge in [0.25, 0.3) is 0 Å². The lowest BCUT2D eigenvalue weighted by Crippen LogP contribution is -2.08. The van der Waals surface area contributed by atoms with Crippen LogP contribution < -0.4 is 0 Å². The third-order valence-electron chi connectivity index (χ3n) is 1.38. The Morgan fingerprint density at radius 3 is 2.23 bits per heavy atom. The van der Waals surface area contributed by atoms with Gasteiger partial charge in [-0.1, -0.05) is 55.6 Å². The van der Waals surface area contributed by atoms with Crippen molar-refractivity contribution in [2.24, 2.45) is 0 Å². The van der Waals surface area contributed by atoms with Crippen LogP contribution in [0.15, 0.2) is 29.2 Å². The second kappa shape index (κ2) is 4.29. The molecule has 0 radical (unpaired) electrons. The van der Waals surface area contributed by atoms with Crippen LogP contribution in [0.1, 0.15) is 0 Å². The van der Waals surface area contributed by atoms with Crippen molar-refractivity contribution in [3.63, 3.8) is 0 Å². The van der Waals surface area contributed by atoms with E-state index in [4.69, 9.17) is 11.6 Å². The molecule has 72 valence electrons. The Bertz CT molecular complexity index is 403. The Kier molecular flexibility index (Phi) is 3.80. The molecule has 0 N–H and O–H groups in total. The summed E-state index contributed by atoms with van der Waals surface area (Å²) in [6.45, 7) is 0. The smallest absolute Gasteiger partial charge is 0.202 e. The number of hydrogen-bond acceptors (Lipinski definition) is 2. The number of rotatable bonds is 2. The maximum absolute atomic E-state index is 11.6. The van der Waals surface area contributed by atoms with Crippen molar-refractivity contribution >= 4 is 53.3 Å². The van der Waals surface area contributed by atoms with Crippen molar-refractivity contribution in [3.8, 4) is 0 Å². The first-order valence-electron chi connectivity index (χ1n) is 3.23. The molecule has 0 spiro atoms. The van der Waals surface area contributed by atoms with E-state index < -0.39 is 12.9 Å². The summed E-state index contributed by atoms with van der Waals surface area (Å²) in [6.07, 6.45) is 0. The van der Waals surface area contributed by atoms with Crippen molar-refractivity contribution in [1.29, 1.82) is 0 Å². The Morgan fingerprint density at radius 1 is 1.23 bits per heavy atom. The van der Waals surface area contributed by atoms with E-state index in [2.05, 4.69) is 31.9 Å². The van der Waals surface area contributed by atoms with E-state index in [9.17, 15) is 8.42 Å². The van der Waals surface area contributed by atoms with Gasteiger partial charge in [-0.25, -0.2) is 8.42 Å². The van der Waals surface area contributed by atoms with Crippen LogP contribution in [-0.4, -0.2) is 11.5 Å². The van der Waals surface area contributed by atoms with Gasteiger partial charge in [0.15, 0.2) is 3.07 Å². The van der Waals surface area contributed by atoms with Crippen molar-refractivity contribution in [2.75, 3.05) is 0 Å². The van der Waals surface area contributed by atoms with Gasteiger partial charge in [0.1, 0.15) is 0 Å². The minimum atomic E-state index is -3.41. The van der Waals surface area contributed by atoms with Crippen LogP contribution in [0.5, 0.6) is 0 Å². The second-order valence-electron chi connectivity index (χ2n) is 2.24. The highest BCUT2D eigenvalue weighted by molar-refractivity contribution is 9.27. The molecule has 0 amide bonds. The van der Waals surface area contributed by atoms with Gasteiger partial charge in [0.2, 0.25) is 9.84 Å². The fourth-order valence-corrected chi connectivity index (χ4v) is 3.24. The average Bonchev–Trinajstić information content (AvgIpc) is 2.04. The lowest BCUT2D eigenvalue weighted by atomic mass is 10.4. The predicted octanol–water partition coefficient (Wildman–Crippen LogP) is 3.19. The number of halogens is 3. The van der Waals surface area contributed by atoms with Crippen LogP contribution in [0.4, 0.5) is 0 Å². The molecule has 0 aromatic heterocycles. The van der Waals surface area contributed by atoms with Crippen molar-refractivity contribution in [2.45, 2.75) is 7.96 Å². The second-order valence-corrected chi connectivity index (χ2v) is 8.92. The Labute approximate surface area is 98.5 Å². The summed E-state index contributed by atoms with van der Waals surface area (Å²) in [7, 11) is -3.41. The number of hydrogen-bond donors (Lipinski definition) is 0. The molecule has 1 aromatic carbocycles. The highest BCUT2D eigenvalue weighted by Gasteiger charge is 2.24. The minimum absolute atomic E-state index is 0.121. The first kappa shape index (κ1) is 11.5. The molecule has 6 heteroatoms. The highest BCUT2D eigenvalue weighted by Crippen LogP contribution is 2.29. The van der Waals surface area contributed by atoms with Crippen LogP contribution in [0.25, 0.3) is 0 Å². The third kappa shape index (κ3) is 2.46. The summed E-state index contributed by atoms with van der Waals surface area (Å²) in [5.41, 5.74) is 0. The van der Waals surface area contributed by atoms with Gasteiger partial charge in [-0.05, 0) is 12.1 Å². The van der Waals surface area contributed by atoms with Gasteiger partial charge in [-0.3, -0.25) is 0 Å². The molecule has 2 nitrogen and oxygen atoms in total. The molecule has 0 aliphatic rings. The molecule has 0 heterocycles. The summed E-state index contributed by atoms with van der Waals surface area (Å²) in [6, 6.07) is 6.31. The molecule has 0 saturated heterocycles. The largest absolute Gasteiger partial charge is 0.222 e. The topological polar surface area (TPSA) is 34.1 Å². The van der Waals surface area contributed by atoms with E-state index in [0.717, 1.165) is 0 Å². The predicted molar refractivity (Wildman–Crippen MR) is 60.3 cm³/mol. The zero-order valence-corrected chi connectivity index (χ0v) is 11.0. The van der Waals surface area contributed by atoms with Gasteiger partial charge in [0.05, 0.1) is 9.92 Å². The molecule has 13 heavy (non-hydrogen) atoms. The van der Waals surface area contributed by atoms with Gasteiger partial charge >= 0.3 is 0 Å². The summed E-state index contributed by atoms with van der Waals surface area (Å²) < 4.78 is 22.3. The Hall–Kier alpha value is 0.420. The van der Waals surface area contributed by atoms with Gasteiger partial charge in [0, 0.05) is 0 Å². The summed E-state index contributed by atoms with van der Waals surface area (Å²) in [4.78, 5) is 0.121. The van der Waals surface area contributed by atoms with Crippen LogP contribution in [0.2, 0.25) is 5.02 Å². The van der Waals surface area contributed by atoms with Crippen molar-refractivity contribution in [1.82, 2.24) is 0 Å². The summed E-state index contributed by atoms with van der Waals surface area (Å²) >= 11 is 11.6. The fraction of sp³-hybridized carbons (Fsp3) is 0.143. The van der Waals surface area contributed by atoms with Crippen LogP contribution in [-0.2, 0) is 9.84 Å². The number of sulfone groups is 1. The van der Waals surface area contributed by atoms with E-state index >= 15 is 0 Å². The van der Waals surface area contributed by atoms with Crippen molar-refractivity contribution < 1.29 is 8.42 Å². The third-order valence-corrected chi connectivity index (χ3v) is 6.21. The normalized spacial score (nSPS) is 12.0. The van der Waals surface area contributed by atoms with E-state index in [1.54, 1.807) is 12.1 Å². The standard InChI is InChI=1S/C7H5Br2ClO2S/c8-7(9)13(11,12)6-4-2-1-3-5(6)10/h1-4,7H. The van der Waals surface area contributed by atoms with Crippen molar-refractivity contribution in [3.05, 3.63) is 29.3 Å². The molecule has 0 unspecified atom stereocenters. The number of alkyl halides is 2. The molecule has 0 bridgehead atoms. The van der Waals surface area contributed by atoms with E-state index in [0.29, 0.717) is 0 Å². The molecule has 0 aliphatic carbocycles. The number of benzene rings is 1. The van der Waals surface area contributed by atoms with Crippen LogP contribution in [0, 0.1) is 0 Å². The first-order chi connectivity index (χ1) is 5.96. The lowest BCUT2D eigenvalue weighted by molar-refractivity contribution is 0.600. The monoisotopic (exact) mass is 346 g/mol. The van der Waals surface area contributed by atoms with Gasteiger partial charge in [-0.15, -0.1) is 0 Å².